The fraction of sp³-hybridized carbons (Fsp3) is 0.162. The SMILES string of the molecule is COc1ccc([C@H]2N(Cc3ccccc3)c3ccc(S(=O)(=O)Nc4ccc(C)cc4)cc3C(=O)N2c2ccc(C)cc2)cc1OC. The number of anilines is 3. The van der Waals surface area contributed by atoms with Crippen LogP contribution in [0.4, 0.5) is 17.1 Å². The van der Waals surface area contributed by atoms with Gasteiger partial charge >= 0.3 is 0 Å². The molecular formula is C37H35N3O5S. The Morgan fingerprint density at radius 2 is 1.39 bits per heavy atom. The molecule has 46 heavy (non-hydrogen) atoms. The molecule has 6 rings (SSSR count). The Kier molecular flexibility index (Phi) is 8.42. The Bertz CT molecular complexity index is 1980. The molecule has 5 aromatic rings. The first-order valence-corrected chi connectivity index (χ1v) is 16.3. The minimum Gasteiger partial charge on any atom is -0.493 e. The van der Waals surface area contributed by atoms with Gasteiger partial charge in [0, 0.05) is 17.9 Å². The molecule has 0 aromatic heterocycles. The van der Waals surface area contributed by atoms with E-state index in [1.54, 1.807) is 43.4 Å². The quantitative estimate of drug-likeness (QED) is 0.181. The van der Waals surface area contributed by atoms with Gasteiger partial charge in [-0.05, 0) is 79.6 Å². The predicted octanol–water partition coefficient (Wildman–Crippen LogP) is 7.49. The molecule has 1 heterocycles. The number of sulfonamides is 1. The van der Waals surface area contributed by atoms with Gasteiger partial charge in [-0.2, -0.15) is 0 Å². The van der Waals surface area contributed by atoms with Crippen LogP contribution in [0.15, 0.2) is 120 Å². The Morgan fingerprint density at radius 1 is 0.739 bits per heavy atom. The Balaban J connectivity index is 1.54. The number of ether oxygens (including phenoxy) is 2. The van der Waals surface area contributed by atoms with Crippen LogP contribution in [0.2, 0.25) is 0 Å². The number of benzene rings is 5. The molecule has 0 aliphatic carbocycles. The summed E-state index contributed by atoms with van der Waals surface area (Å²) in [4.78, 5) is 18.5. The third kappa shape index (κ3) is 6.01. The molecule has 1 N–H and O–H groups in total. The minimum absolute atomic E-state index is 0.00624. The molecule has 0 radical (unpaired) electrons. The first-order valence-electron chi connectivity index (χ1n) is 14.8. The molecule has 0 bridgehead atoms. The molecule has 5 aromatic carbocycles. The van der Waals surface area contributed by atoms with Crippen molar-refractivity contribution in [3.8, 4) is 11.5 Å². The predicted molar refractivity (Wildman–Crippen MR) is 181 cm³/mol. The average molecular weight is 634 g/mol. The summed E-state index contributed by atoms with van der Waals surface area (Å²) in [5.41, 5.74) is 5.89. The molecule has 0 saturated heterocycles. The molecule has 1 amide bonds. The highest BCUT2D eigenvalue weighted by Crippen LogP contribution is 2.44. The topological polar surface area (TPSA) is 88.2 Å². The van der Waals surface area contributed by atoms with Crippen molar-refractivity contribution in [3.05, 3.63) is 143 Å². The van der Waals surface area contributed by atoms with Crippen molar-refractivity contribution in [3.63, 3.8) is 0 Å². The summed E-state index contributed by atoms with van der Waals surface area (Å²) in [6.07, 6.45) is -0.601. The lowest BCUT2D eigenvalue weighted by molar-refractivity contribution is 0.0968. The maximum absolute atomic E-state index is 14.7. The fourth-order valence-electron chi connectivity index (χ4n) is 5.71. The lowest BCUT2D eigenvalue weighted by atomic mass is 9.98. The van der Waals surface area contributed by atoms with E-state index < -0.39 is 16.2 Å². The van der Waals surface area contributed by atoms with Gasteiger partial charge in [0.25, 0.3) is 15.9 Å². The fourth-order valence-corrected chi connectivity index (χ4v) is 6.79. The molecule has 0 fully saturated rings. The molecular weight excluding hydrogens is 598 g/mol. The normalized spacial score (nSPS) is 14.5. The zero-order valence-corrected chi connectivity index (χ0v) is 26.9. The van der Waals surface area contributed by atoms with Crippen LogP contribution in [-0.2, 0) is 16.6 Å². The van der Waals surface area contributed by atoms with Crippen molar-refractivity contribution in [1.82, 2.24) is 0 Å². The van der Waals surface area contributed by atoms with Crippen molar-refractivity contribution >= 4 is 33.0 Å². The van der Waals surface area contributed by atoms with Gasteiger partial charge in [-0.3, -0.25) is 14.4 Å². The third-order valence-electron chi connectivity index (χ3n) is 8.09. The van der Waals surface area contributed by atoms with E-state index in [0.29, 0.717) is 35.1 Å². The molecule has 0 saturated carbocycles. The number of rotatable bonds is 9. The number of aryl methyl sites for hydroxylation is 2. The van der Waals surface area contributed by atoms with E-state index in [0.717, 1.165) is 22.3 Å². The maximum Gasteiger partial charge on any atom is 0.262 e. The summed E-state index contributed by atoms with van der Waals surface area (Å²) < 4.78 is 41.0. The number of carbonyl (C=O) groups is 1. The van der Waals surface area contributed by atoms with Crippen molar-refractivity contribution in [2.45, 2.75) is 31.5 Å². The highest BCUT2D eigenvalue weighted by atomic mass is 32.2. The van der Waals surface area contributed by atoms with Gasteiger partial charge in [0.05, 0.1) is 30.4 Å². The van der Waals surface area contributed by atoms with Gasteiger partial charge in [-0.15, -0.1) is 0 Å². The molecule has 0 unspecified atom stereocenters. The number of hydrogen-bond donors (Lipinski definition) is 1. The average Bonchev–Trinajstić information content (AvgIpc) is 3.07. The summed E-state index contributed by atoms with van der Waals surface area (Å²) in [5.74, 6) is 0.780. The van der Waals surface area contributed by atoms with Crippen LogP contribution in [0, 0.1) is 13.8 Å². The van der Waals surface area contributed by atoms with E-state index in [1.165, 1.54) is 6.07 Å². The molecule has 8 nitrogen and oxygen atoms in total. The Hall–Kier alpha value is -5.28. The second kappa shape index (κ2) is 12.6. The maximum atomic E-state index is 14.7. The number of carbonyl (C=O) groups excluding carboxylic acids is 1. The molecule has 234 valence electrons. The summed E-state index contributed by atoms with van der Waals surface area (Å²) in [7, 11) is -0.840. The van der Waals surface area contributed by atoms with Gasteiger partial charge in [0.1, 0.15) is 6.17 Å². The number of amides is 1. The van der Waals surface area contributed by atoms with E-state index in [1.807, 2.05) is 98.8 Å². The summed E-state index contributed by atoms with van der Waals surface area (Å²) in [6, 6.07) is 35.2. The first-order chi connectivity index (χ1) is 22.2. The monoisotopic (exact) mass is 633 g/mol. The zero-order chi connectivity index (χ0) is 32.4. The Morgan fingerprint density at radius 3 is 2.04 bits per heavy atom. The number of nitrogens with zero attached hydrogens (tertiary/aromatic N) is 2. The van der Waals surface area contributed by atoms with Crippen LogP contribution < -0.4 is 24.0 Å². The van der Waals surface area contributed by atoms with E-state index in [2.05, 4.69) is 9.62 Å². The summed E-state index contributed by atoms with van der Waals surface area (Å²) in [6.45, 7) is 4.36. The van der Waals surface area contributed by atoms with E-state index in [-0.39, 0.29) is 16.4 Å². The zero-order valence-electron chi connectivity index (χ0n) is 26.1. The third-order valence-corrected chi connectivity index (χ3v) is 9.47. The van der Waals surface area contributed by atoms with Crippen LogP contribution in [0.1, 0.15) is 38.8 Å². The van der Waals surface area contributed by atoms with Crippen LogP contribution in [0.3, 0.4) is 0 Å². The molecule has 0 spiro atoms. The standard InChI is InChI=1S/C37H35N3O5S/c1-25-10-15-29(16-11-25)38-46(42,43)31-19-20-33-32(23-31)37(41)40(30-17-12-26(2)13-18-30)36(39(33)24-27-8-6-5-7-9-27)28-14-21-34(44-3)35(22-28)45-4/h5-23,36,38H,24H2,1-4H3/t36-/m0/s1. The highest BCUT2D eigenvalue weighted by molar-refractivity contribution is 7.92. The van der Waals surface area contributed by atoms with Gasteiger partial charge < -0.3 is 14.4 Å². The number of fused-ring (bicyclic) bond motifs is 1. The smallest absolute Gasteiger partial charge is 0.262 e. The van der Waals surface area contributed by atoms with Crippen LogP contribution in [-0.4, -0.2) is 28.5 Å². The minimum atomic E-state index is -4.00. The van der Waals surface area contributed by atoms with Gasteiger partial charge in [0.15, 0.2) is 11.5 Å². The van der Waals surface area contributed by atoms with Gasteiger partial charge in [-0.25, -0.2) is 8.42 Å². The van der Waals surface area contributed by atoms with Crippen molar-refractivity contribution in [1.29, 1.82) is 0 Å². The van der Waals surface area contributed by atoms with Crippen molar-refractivity contribution < 1.29 is 22.7 Å². The second-order valence-electron chi connectivity index (χ2n) is 11.3. The molecule has 1 atom stereocenters. The van der Waals surface area contributed by atoms with E-state index >= 15 is 0 Å². The lowest BCUT2D eigenvalue weighted by Gasteiger charge is -2.46. The van der Waals surface area contributed by atoms with Gasteiger partial charge in [-0.1, -0.05) is 71.8 Å². The van der Waals surface area contributed by atoms with E-state index in [4.69, 9.17) is 9.47 Å². The van der Waals surface area contributed by atoms with Crippen LogP contribution in [0.25, 0.3) is 0 Å². The number of methoxy groups -OCH3 is 2. The largest absolute Gasteiger partial charge is 0.493 e. The first kappa shape index (κ1) is 30.7. The van der Waals surface area contributed by atoms with Crippen LogP contribution in [0.5, 0.6) is 11.5 Å². The molecule has 1 aliphatic rings. The van der Waals surface area contributed by atoms with Crippen molar-refractivity contribution in [2.75, 3.05) is 28.7 Å². The second-order valence-corrected chi connectivity index (χ2v) is 12.9. The lowest BCUT2D eigenvalue weighted by Crippen LogP contribution is -2.49. The summed E-state index contributed by atoms with van der Waals surface area (Å²) in [5, 5.41) is 0. The highest BCUT2D eigenvalue weighted by Gasteiger charge is 2.40. The van der Waals surface area contributed by atoms with Crippen LogP contribution >= 0.6 is 0 Å². The molecule has 1 aliphatic heterocycles. The van der Waals surface area contributed by atoms with E-state index in [9.17, 15) is 13.2 Å². The van der Waals surface area contributed by atoms with Crippen molar-refractivity contribution in [2.24, 2.45) is 0 Å². The molecule has 9 heteroatoms. The number of hydrogen-bond acceptors (Lipinski definition) is 6. The number of nitrogens with one attached hydrogen (secondary N) is 1. The van der Waals surface area contributed by atoms with Gasteiger partial charge in [0.2, 0.25) is 0 Å². The Labute approximate surface area is 269 Å². The summed E-state index contributed by atoms with van der Waals surface area (Å²) >= 11 is 0.